The van der Waals surface area contributed by atoms with E-state index in [1.165, 1.54) is 67.4 Å². The predicted molar refractivity (Wildman–Crippen MR) is 238 cm³/mol. The predicted octanol–water partition coefficient (Wildman–Crippen LogP) is 14.7. The first-order valence-electron chi connectivity index (χ1n) is 19.9. The molecule has 0 amide bonds. The lowest BCUT2D eigenvalue weighted by Crippen LogP contribution is -2.20. The minimum Gasteiger partial charge on any atom is -0.310 e. The van der Waals surface area contributed by atoms with E-state index in [1.807, 2.05) is 12.1 Å². The number of rotatable bonds is 5. The van der Waals surface area contributed by atoms with Crippen LogP contribution in [-0.4, -0.2) is 4.57 Å². The summed E-state index contributed by atoms with van der Waals surface area (Å²) in [6, 6.07) is 62.4. The van der Waals surface area contributed by atoms with E-state index in [0.717, 1.165) is 44.6 Å². The van der Waals surface area contributed by atoms with Crippen LogP contribution in [0.1, 0.15) is 49.9 Å². The standard InChI is InChI=1S/C54H41FN2/c1-53(2)47-18-9-7-16-44(47)51-52(53)45-30-28-40(33-48(45)54(51,3)4)56(37-24-20-35(21-25-37)42-17-11-13-34-12-5-6-14-41(34)42)39-29-31-50-46(32-39)43-15-8-10-19-49(43)57(50)38-26-22-36(55)23-27-38/h5-33H,1-4H3. The van der Waals surface area contributed by atoms with Crippen LogP contribution in [0.2, 0.25) is 0 Å². The van der Waals surface area contributed by atoms with Crippen molar-refractivity contribution in [2.75, 3.05) is 4.90 Å². The van der Waals surface area contributed by atoms with Crippen LogP contribution in [0, 0.1) is 5.82 Å². The lowest BCUT2D eigenvalue weighted by Gasteiger charge is -2.31. The number of benzene rings is 8. The quantitative estimate of drug-likeness (QED) is 0.171. The summed E-state index contributed by atoms with van der Waals surface area (Å²) in [7, 11) is 0. The van der Waals surface area contributed by atoms with Gasteiger partial charge < -0.3 is 9.47 Å². The Morgan fingerprint density at radius 1 is 0.439 bits per heavy atom. The number of allylic oxidation sites excluding steroid dienone is 2. The van der Waals surface area contributed by atoms with Gasteiger partial charge in [0.15, 0.2) is 0 Å². The molecule has 57 heavy (non-hydrogen) atoms. The molecular formula is C54H41FN2. The molecule has 0 fully saturated rings. The number of hydrogen-bond acceptors (Lipinski definition) is 1. The number of nitrogens with zero attached hydrogens (tertiary/aromatic N) is 2. The Balaban J connectivity index is 1.10. The number of para-hydroxylation sites is 1. The summed E-state index contributed by atoms with van der Waals surface area (Å²) in [4.78, 5) is 2.41. The molecule has 0 aliphatic heterocycles. The maximum atomic E-state index is 14.1. The first-order chi connectivity index (χ1) is 27.7. The molecule has 0 saturated carbocycles. The van der Waals surface area contributed by atoms with E-state index in [9.17, 15) is 4.39 Å². The highest BCUT2D eigenvalue weighted by Crippen LogP contribution is 2.63. The van der Waals surface area contributed by atoms with Crippen LogP contribution in [-0.2, 0) is 10.8 Å². The van der Waals surface area contributed by atoms with Crippen LogP contribution >= 0.6 is 0 Å². The van der Waals surface area contributed by atoms with Crippen molar-refractivity contribution in [3.05, 3.63) is 204 Å². The molecule has 1 heterocycles. The van der Waals surface area contributed by atoms with Crippen molar-refractivity contribution in [1.29, 1.82) is 0 Å². The smallest absolute Gasteiger partial charge is 0.123 e. The maximum Gasteiger partial charge on any atom is 0.123 e. The molecule has 0 radical (unpaired) electrons. The Morgan fingerprint density at radius 3 is 1.82 bits per heavy atom. The number of anilines is 3. The highest BCUT2D eigenvalue weighted by Gasteiger charge is 2.49. The van der Waals surface area contributed by atoms with Crippen LogP contribution in [0.15, 0.2) is 176 Å². The van der Waals surface area contributed by atoms with E-state index in [4.69, 9.17) is 0 Å². The molecule has 2 aliphatic rings. The van der Waals surface area contributed by atoms with Crippen molar-refractivity contribution >= 4 is 60.8 Å². The highest BCUT2D eigenvalue weighted by molar-refractivity contribution is 6.12. The van der Waals surface area contributed by atoms with Gasteiger partial charge in [-0.25, -0.2) is 4.39 Å². The molecule has 0 unspecified atom stereocenters. The Labute approximate surface area is 332 Å². The zero-order chi connectivity index (χ0) is 38.6. The number of hydrogen-bond donors (Lipinski definition) is 0. The van der Waals surface area contributed by atoms with Crippen LogP contribution < -0.4 is 4.90 Å². The van der Waals surface area contributed by atoms with Crippen molar-refractivity contribution in [2.45, 2.75) is 38.5 Å². The van der Waals surface area contributed by atoms with Gasteiger partial charge in [0.05, 0.1) is 11.0 Å². The topological polar surface area (TPSA) is 8.17 Å². The minimum atomic E-state index is -0.241. The van der Waals surface area contributed by atoms with Gasteiger partial charge in [-0.15, -0.1) is 0 Å². The lowest BCUT2D eigenvalue weighted by molar-refractivity contribution is 0.627. The van der Waals surface area contributed by atoms with Gasteiger partial charge in [0.25, 0.3) is 0 Å². The van der Waals surface area contributed by atoms with Crippen LogP contribution in [0.4, 0.5) is 21.5 Å². The van der Waals surface area contributed by atoms with Gasteiger partial charge in [0.1, 0.15) is 5.82 Å². The second-order valence-corrected chi connectivity index (χ2v) is 16.7. The molecule has 0 bridgehead atoms. The molecule has 1 aromatic heterocycles. The normalized spacial score (nSPS) is 15.0. The van der Waals surface area contributed by atoms with E-state index in [0.29, 0.717) is 0 Å². The number of aromatic nitrogens is 1. The first kappa shape index (κ1) is 33.6. The van der Waals surface area contributed by atoms with Crippen molar-refractivity contribution in [3.8, 4) is 16.8 Å². The molecule has 11 rings (SSSR count). The fourth-order valence-electron chi connectivity index (χ4n) is 10.2. The van der Waals surface area contributed by atoms with Crippen LogP contribution in [0.3, 0.4) is 0 Å². The van der Waals surface area contributed by atoms with E-state index >= 15 is 0 Å². The minimum absolute atomic E-state index is 0.0864. The van der Waals surface area contributed by atoms with Gasteiger partial charge >= 0.3 is 0 Å². The summed E-state index contributed by atoms with van der Waals surface area (Å²) >= 11 is 0. The summed E-state index contributed by atoms with van der Waals surface area (Å²) in [5.41, 5.74) is 16.9. The monoisotopic (exact) mass is 736 g/mol. The fraction of sp³-hybridized carbons (Fsp3) is 0.111. The summed E-state index contributed by atoms with van der Waals surface area (Å²) < 4.78 is 16.3. The second kappa shape index (κ2) is 12.1. The van der Waals surface area contributed by atoms with Crippen molar-refractivity contribution in [2.24, 2.45) is 0 Å². The number of fused-ring (bicyclic) bond motifs is 8. The zero-order valence-corrected chi connectivity index (χ0v) is 32.5. The van der Waals surface area contributed by atoms with Crippen molar-refractivity contribution in [3.63, 3.8) is 0 Å². The Hall–Kier alpha value is -6.71. The summed E-state index contributed by atoms with van der Waals surface area (Å²) in [5.74, 6) is -0.241. The van der Waals surface area contributed by atoms with E-state index in [-0.39, 0.29) is 16.6 Å². The van der Waals surface area contributed by atoms with Crippen molar-refractivity contribution < 1.29 is 4.39 Å². The molecule has 0 saturated heterocycles. The van der Waals surface area contributed by atoms with Crippen molar-refractivity contribution in [1.82, 2.24) is 4.57 Å². The van der Waals surface area contributed by atoms with Gasteiger partial charge in [-0.3, -0.25) is 0 Å². The number of halogens is 1. The molecule has 2 nitrogen and oxygen atoms in total. The third kappa shape index (κ3) is 4.88. The van der Waals surface area contributed by atoms with Crippen LogP contribution in [0.5, 0.6) is 0 Å². The molecule has 3 heteroatoms. The summed E-state index contributed by atoms with van der Waals surface area (Å²) in [5, 5.41) is 4.78. The second-order valence-electron chi connectivity index (χ2n) is 16.7. The fourth-order valence-corrected chi connectivity index (χ4v) is 10.2. The van der Waals surface area contributed by atoms with Gasteiger partial charge in [-0.2, -0.15) is 0 Å². The molecule has 0 spiro atoms. The van der Waals surface area contributed by atoms with Gasteiger partial charge in [0.2, 0.25) is 0 Å². The molecule has 2 aliphatic carbocycles. The SMILES string of the molecule is CC1(C)C2=C(c3ccccc31)C(C)(C)c1cc(N(c3ccc(-c4cccc5ccccc45)cc3)c3ccc4c(c3)c3ccccc3n4-c3ccc(F)cc3)ccc12. The Morgan fingerprint density at radius 2 is 1.02 bits per heavy atom. The van der Waals surface area contributed by atoms with Gasteiger partial charge in [0, 0.05) is 44.4 Å². The first-order valence-corrected chi connectivity index (χ1v) is 19.9. The van der Waals surface area contributed by atoms with Crippen LogP contribution in [0.25, 0.3) is 60.5 Å². The summed E-state index contributed by atoms with van der Waals surface area (Å²) in [6.45, 7) is 9.56. The average molecular weight is 737 g/mol. The molecular weight excluding hydrogens is 696 g/mol. The summed E-state index contributed by atoms with van der Waals surface area (Å²) in [6.07, 6.45) is 0. The Kier molecular flexibility index (Phi) is 7.16. The van der Waals surface area contributed by atoms with Gasteiger partial charge in [-0.1, -0.05) is 131 Å². The van der Waals surface area contributed by atoms with Gasteiger partial charge in [-0.05, 0) is 128 Å². The Bertz CT molecular complexity index is 3120. The molecule has 0 N–H and O–H groups in total. The molecule has 8 aromatic carbocycles. The largest absolute Gasteiger partial charge is 0.310 e. The maximum absolute atomic E-state index is 14.1. The molecule has 0 atom stereocenters. The molecule has 9 aromatic rings. The molecule has 274 valence electrons. The highest BCUT2D eigenvalue weighted by atomic mass is 19.1. The van der Waals surface area contributed by atoms with E-state index < -0.39 is 0 Å². The lowest BCUT2D eigenvalue weighted by atomic mass is 9.76. The van der Waals surface area contributed by atoms with E-state index in [1.54, 1.807) is 0 Å². The van der Waals surface area contributed by atoms with E-state index in [2.05, 4.69) is 189 Å². The average Bonchev–Trinajstić information content (AvgIpc) is 3.79. The third-order valence-corrected chi connectivity index (χ3v) is 12.8. The zero-order valence-electron chi connectivity index (χ0n) is 32.5. The third-order valence-electron chi connectivity index (χ3n) is 12.8.